The van der Waals surface area contributed by atoms with Crippen LogP contribution < -0.4 is 4.74 Å². The molecule has 0 saturated carbocycles. The largest absolute Gasteiger partial charge is 0.493 e. The fourth-order valence-corrected chi connectivity index (χ4v) is 6.40. The number of aromatic nitrogens is 2. The molecular weight excluding hydrogens is 492 g/mol. The molecule has 2 aromatic rings. The first-order valence-corrected chi connectivity index (χ1v) is 14.8. The smallest absolute Gasteiger partial charge is 0.254 e. The lowest BCUT2D eigenvalue weighted by Gasteiger charge is -2.42. The maximum Gasteiger partial charge on any atom is 0.254 e. The summed E-state index contributed by atoms with van der Waals surface area (Å²) in [5, 5.41) is 0. The third kappa shape index (κ3) is 6.65. The molecular formula is C31H44N4O4. The molecule has 2 fully saturated rings. The van der Waals surface area contributed by atoms with Crippen molar-refractivity contribution in [1.29, 1.82) is 0 Å². The number of rotatable bonds is 4. The highest BCUT2D eigenvalue weighted by molar-refractivity contribution is 5.95. The fraction of sp³-hybridized carbons (Fsp3) is 0.645. The van der Waals surface area contributed by atoms with Crippen LogP contribution in [-0.4, -0.2) is 76.7 Å². The number of carbonyl (C=O) groups is 2. The van der Waals surface area contributed by atoms with Gasteiger partial charge in [-0.25, -0.2) is 4.98 Å². The molecule has 2 bridgehead atoms. The van der Waals surface area contributed by atoms with E-state index in [-0.39, 0.29) is 23.3 Å². The Morgan fingerprint density at radius 2 is 1.97 bits per heavy atom. The van der Waals surface area contributed by atoms with Gasteiger partial charge in [0.25, 0.3) is 5.91 Å². The summed E-state index contributed by atoms with van der Waals surface area (Å²) in [6.45, 7) is 9.17. The first-order valence-electron chi connectivity index (χ1n) is 14.8. The van der Waals surface area contributed by atoms with Gasteiger partial charge in [0.05, 0.1) is 19.3 Å². The number of benzene rings is 1. The van der Waals surface area contributed by atoms with Crippen LogP contribution in [0.15, 0.2) is 36.7 Å². The Hall–Kier alpha value is -2.87. The first kappa shape index (κ1) is 27.7. The second-order valence-electron chi connectivity index (χ2n) is 11.9. The van der Waals surface area contributed by atoms with Crippen molar-refractivity contribution < 1.29 is 19.1 Å². The second-order valence-corrected chi connectivity index (χ2v) is 11.9. The molecule has 0 radical (unpaired) electrons. The summed E-state index contributed by atoms with van der Waals surface area (Å²) in [5.41, 5.74) is 0.703. The van der Waals surface area contributed by atoms with Gasteiger partial charge in [0.15, 0.2) is 0 Å². The molecule has 5 rings (SSSR count). The van der Waals surface area contributed by atoms with E-state index < -0.39 is 0 Å². The van der Waals surface area contributed by atoms with Crippen LogP contribution in [0.1, 0.15) is 87.3 Å². The maximum absolute atomic E-state index is 13.3. The summed E-state index contributed by atoms with van der Waals surface area (Å²) in [7, 11) is 0. The van der Waals surface area contributed by atoms with E-state index in [1.807, 2.05) is 46.5 Å². The number of carbonyl (C=O) groups excluding carboxylic acids is 2. The van der Waals surface area contributed by atoms with E-state index in [0.29, 0.717) is 37.7 Å². The number of likely N-dealkylation sites (tertiary alicyclic amines) is 1. The molecule has 3 aliphatic rings. The van der Waals surface area contributed by atoms with E-state index in [0.717, 1.165) is 82.8 Å². The van der Waals surface area contributed by atoms with Gasteiger partial charge in [0, 0.05) is 68.5 Å². The Bertz CT molecular complexity index is 1120. The molecule has 3 aliphatic heterocycles. The summed E-state index contributed by atoms with van der Waals surface area (Å²) in [5.74, 6) is 2.40. The number of ether oxygens (including phenoxy) is 2. The van der Waals surface area contributed by atoms with Crippen molar-refractivity contribution in [2.75, 3.05) is 39.5 Å². The zero-order valence-electron chi connectivity index (χ0n) is 23.6. The van der Waals surface area contributed by atoms with Crippen LogP contribution in [0.4, 0.5) is 0 Å². The van der Waals surface area contributed by atoms with Gasteiger partial charge in [-0.3, -0.25) is 9.59 Å². The molecule has 0 N–H and O–H groups in total. The van der Waals surface area contributed by atoms with E-state index in [2.05, 4.69) is 23.4 Å². The minimum absolute atomic E-state index is 0.0200. The minimum atomic E-state index is 0.0200. The highest BCUT2D eigenvalue weighted by Crippen LogP contribution is 2.38. The van der Waals surface area contributed by atoms with Gasteiger partial charge >= 0.3 is 0 Å². The molecule has 8 nitrogen and oxygen atoms in total. The molecule has 2 amide bonds. The first-order chi connectivity index (χ1) is 18.9. The highest BCUT2D eigenvalue weighted by Gasteiger charge is 2.37. The predicted octanol–water partition coefficient (Wildman–Crippen LogP) is 4.89. The van der Waals surface area contributed by atoms with Crippen LogP contribution in [0.25, 0.3) is 0 Å². The number of hydrogen-bond acceptors (Lipinski definition) is 5. The molecule has 1 aromatic heterocycles. The van der Waals surface area contributed by atoms with Gasteiger partial charge in [0.1, 0.15) is 11.6 Å². The molecule has 0 unspecified atom stereocenters. The lowest BCUT2D eigenvalue weighted by molar-refractivity contribution is -0.134. The number of hydrogen-bond donors (Lipinski definition) is 0. The maximum atomic E-state index is 13.3. The monoisotopic (exact) mass is 536 g/mol. The van der Waals surface area contributed by atoms with E-state index in [1.165, 1.54) is 0 Å². The number of aryl methyl sites for hydroxylation is 1. The van der Waals surface area contributed by atoms with Crippen LogP contribution in [0.2, 0.25) is 0 Å². The molecule has 1 aromatic carbocycles. The molecule has 212 valence electrons. The van der Waals surface area contributed by atoms with Crippen molar-refractivity contribution in [3.05, 3.63) is 48.0 Å². The van der Waals surface area contributed by atoms with Crippen molar-refractivity contribution in [3.63, 3.8) is 0 Å². The quantitative estimate of drug-likeness (QED) is 0.556. The lowest BCUT2D eigenvalue weighted by atomic mass is 9.75. The van der Waals surface area contributed by atoms with E-state index in [9.17, 15) is 9.59 Å². The molecule has 4 heterocycles. The third-order valence-corrected chi connectivity index (χ3v) is 8.83. The van der Waals surface area contributed by atoms with Crippen molar-refractivity contribution in [1.82, 2.24) is 19.4 Å². The Labute approximate surface area is 232 Å². The summed E-state index contributed by atoms with van der Waals surface area (Å²) in [6.07, 6.45) is 11.3. The Morgan fingerprint density at radius 3 is 2.79 bits per heavy atom. The van der Waals surface area contributed by atoms with Crippen LogP contribution in [0.5, 0.6) is 5.75 Å². The SMILES string of the molecule is CC(C)c1nccn1CCC(=O)N1CCC2(CCCCOC[C@@H]3CCCN3C(=O)c3cccc(c3)OC2)CC1. The fourth-order valence-electron chi connectivity index (χ4n) is 6.40. The van der Waals surface area contributed by atoms with Crippen molar-refractivity contribution >= 4 is 11.8 Å². The average Bonchev–Trinajstić information content (AvgIpc) is 3.62. The van der Waals surface area contributed by atoms with Gasteiger partial charge in [-0.15, -0.1) is 0 Å². The number of amides is 2. The van der Waals surface area contributed by atoms with E-state index >= 15 is 0 Å². The van der Waals surface area contributed by atoms with Gasteiger partial charge in [0.2, 0.25) is 5.91 Å². The highest BCUT2D eigenvalue weighted by atomic mass is 16.5. The Balaban J connectivity index is 1.22. The number of imidazole rings is 1. The Morgan fingerprint density at radius 1 is 1.13 bits per heavy atom. The van der Waals surface area contributed by atoms with Gasteiger partial charge < -0.3 is 23.8 Å². The van der Waals surface area contributed by atoms with Crippen LogP contribution >= 0.6 is 0 Å². The Kier molecular flexibility index (Phi) is 8.90. The summed E-state index contributed by atoms with van der Waals surface area (Å²) < 4.78 is 14.5. The summed E-state index contributed by atoms with van der Waals surface area (Å²) in [6, 6.07) is 7.81. The number of nitrogens with zero attached hydrogens (tertiary/aromatic N) is 4. The van der Waals surface area contributed by atoms with Crippen molar-refractivity contribution in [2.24, 2.45) is 5.41 Å². The average molecular weight is 537 g/mol. The molecule has 1 atom stereocenters. The lowest BCUT2D eigenvalue weighted by Crippen LogP contribution is -2.45. The van der Waals surface area contributed by atoms with E-state index in [4.69, 9.17) is 9.47 Å². The van der Waals surface area contributed by atoms with Gasteiger partial charge in [-0.05, 0) is 56.7 Å². The molecule has 39 heavy (non-hydrogen) atoms. The van der Waals surface area contributed by atoms with Crippen molar-refractivity contribution in [3.8, 4) is 5.75 Å². The number of piperidine rings is 1. The topological polar surface area (TPSA) is 76.9 Å². The normalized spacial score (nSPS) is 22.3. The molecule has 1 spiro atoms. The van der Waals surface area contributed by atoms with E-state index in [1.54, 1.807) is 0 Å². The van der Waals surface area contributed by atoms with Crippen molar-refractivity contribution in [2.45, 2.75) is 83.7 Å². The minimum Gasteiger partial charge on any atom is -0.493 e. The van der Waals surface area contributed by atoms with Crippen LogP contribution in [-0.2, 0) is 16.1 Å². The second kappa shape index (κ2) is 12.5. The number of fused-ring (bicyclic) bond motifs is 3. The standard InChI is InChI=1S/C31H44N4O4/c1-24(2)29-32-14-19-34(29)16-10-28(36)33-17-12-31(13-18-33)11-3-4-20-38-22-26-8-6-15-35(26)30(37)25-7-5-9-27(21-25)39-23-31/h5,7,9,14,19,21,24,26H,3-4,6,8,10-13,15-18,20,22-23H2,1-2H3/t26-/m0/s1. The van der Waals surface area contributed by atoms with Gasteiger partial charge in [-0.2, -0.15) is 0 Å². The molecule has 2 saturated heterocycles. The summed E-state index contributed by atoms with van der Waals surface area (Å²) in [4.78, 5) is 34.8. The zero-order valence-corrected chi connectivity index (χ0v) is 23.6. The predicted molar refractivity (Wildman–Crippen MR) is 150 cm³/mol. The zero-order chi connectivity index (χ0) is 27.2. The van der Waals surface area contributed by atoms with Crippen LogP contribution in [0, 0.1) is 5.41 Å². The summed E-state index contributed by atoms with van der Waals surface area (Å²) >= 11 is 0. The molecule has 8 heteroatoms. The van der Waals surface area contributed by atoms with Gasteiger partial charge in [-0.1, -0.05) is 26.3 Å². The van der Waals surface area contributed by atoms with Crippen LogP contribution in [0.3, 0.4) is 0 Å². The molecule has 0 aliphatic carbocycles. The third-order valence-electron chi connectivity index (χ3n) is 8.83.